The molecule has 0 atom stereocenters. The van der Waals surface area contributed by atoms with Crippen LogP contribution in [0.3, 0.4) is 0 Å². The first-order valence-corrected chi connectivity index (χ1v) is 12.3. The third kappa shape index (κ3) is 6.45. The van der Waals surface area contributed by atoms with E-state index in [1.165, 1.54) is 48.5 Å². The monoisotopic (exact) mass is 575 g/mol. The summed E-state index contributed by atoms with van der Waals surface area (Å²) in [6.45, 7) is 1.83. The molecule has 9 nitrogen and oxygen atoms in total. The SMILES string of the molecule is Cc1ccc(S(=O)(=O)Oc2ccc(/C=C(\C#N)C(=O)Nc3ccc(Cl)c([N+](=O)[O-])c3)cc2Br)cc1. The molecule has 12 heteroatoms. The second kappa shape index (κ2) is 10.7. The number of nitro groups is 1. The maximum atomic E-state index is 12.5. The van der Waals surface area contributed by atoms with Gasteiger partial charge in [0.1, 0.15) is 21.6 Å². The number of anilines is 1. The van der Waals surface area contributed by atoms with Crippen molar-refractivity contribution in [2.75, 3.05) is 5.32 Å². The molecular formula is C23H15BrClN3O6S. The van der Waals surface area contributed by atoms with Gasteiger partial charge in [-0.1, -0.05) is 35.4 Å². The van der Waals surface area contributed by atoms with Gasteiger partial charge in [0.15, 0.2) is 5.75 Å². The molecule has 0 saturated heterocycles. The van der Waals surface area contributed by atoms with Crippen LogP contribution in [-0.2, 0) is 14.9 Å². The van der Waals surface area contributed by atoms with Gasteiger partial charge in [-0.2, -0.15) is 13.7 Å². The maximum absolute atomic E-state index is 12.5. The van der Waals surface area contributed by atoms with Gasteiger partial charge in [-0.25, -0.2) is 0 Å². The van der Waals surface area contributed by atoms with Crippen molar-refractivity contribution in [1.82, 2.24) is 0 Å². The standard InChI is InChI=1S/C23H15BrClN3O6S/c1-14-2-6-18(7-3-14)35(32,33)34-22-9-4-15(11-19(22)24)10-16(13-26)23(29)27-17-5-8-20(25)21(12-17)28(30)31/h2-12H,1H3,(H,27,29)/b16-10+. The van der Waals surface area contributed by atoms with Crippen LogP contribution in [0, 0.1) is 28.4 Å². The summed E-state index contributed by atoms with van der Waals surface area (Å²) in [6.07, 6.45) is 1.27. The third-order valence-corrected chi connectivity index (χ3v) is 6.73. The first-order chi connectivity index (χ1) is 16.5. The van der Waals surface area contributed by atoms with Crippen molar-refractivity contribution in [3.8, 4) is 11.8 Å². The predicted octanol–water partition coefficient (Wildman–Crippen LogP) is 5.63. The van der Waals surface area contributed by atoms with Crippen LogP contribution in [0.2, 0.25) is 5.02 Å². The van der Waals surface area contributed by atoms with Gasteiger partial charge in [0.2, 0.25) is 0 Å². The highest BCUT2D eigenvalue weighted by molar-refractivity contribution is 9.10. The molecule has 3 aromatic rings. The molecule has 3 aromatic carbocycles. The Morgan fingerprint density at radius 3 is 2.46 bits per heavy atom. The zero-order chi connectivity index (χ0) is 25.8. The molecule has 0 aliphatic carbocycles. The zero-order valence-corrected chi connectivity index (χ0v) is 21.0. The molecule has 1 N–H and O–H groups in total. The van der Waals surface area contributed by atoms with E-state index in [1.807, 2.05) is 6.92 Å². The Bertz CT molecular complexity index is 1500. The molecule has 3 rings (SSSR count). The molecule has 0 spiro atoms. The van der Waals surface area contributed by atoms with Gasteiger partial charge in [-0.15, -0.1) is 0 Å². The van der Waals surface area contributed by atoms with Gasteiger partial charge >= 0.3 is 10.1 Å². The van der Waals surface area contributed by atoms with Gasteiger partial charge < -0.3 is 9.50 Å². The van der Waals surface area contributed by atoms with Crippen molar-refractivity contribution in [2.24, 2.45) is 0 Å². The van der Waals surface area contributed by atoms with Gasteiger partial charge in [-0.05, 0) is 70.9 Å². The van der Waals surface area contributed by atoms with Crippen LogP contribution in [0.1, 0.15) is 11.1 Å². The number of halogens is 2. The summed E-state index contributed by atoms with van der Waals surface area (Å²) in [6, 6.07) is 15.9. The van der Waals surface area contributed by atoms with E-state index < -0.39 is 26.6 Å². The molecular weight excluding hydrogens is 562 g/mol. The normalized spacial score (nSPS) is 11.4. The topological polar surface area (TPSA) is 139 Å². The Morgan fingerprint density at radius 2 is 1.86 bits per heavy atom. The van der Waals surface area contributed by atoms with Gasteiger partial charge in [0.05, 0.1) is 9.40 Å². The highest BCUT2D eigenvalue weighted by Crippen LogP contribution is 2.30. The Hall–Kier alpha value is -3.72. The summed E-state index contributed by atoms with van der Waals surface area (Å²) in [7, 11) is -4.07. The van der Waals surface area contributed by atoms with Crippen LogP contribution in [0.4, 0.5) is 11.4 Å². The van der Waals surface area contributed by atoms with Gasteiger partial charge in [0.25, 0.3) is 11.6 Å². The minimum atomic E-state index is -4.07. The van der Waals surface area contributed by atoms with E-state index in [-0.39, 0.29) is 31.4 Å². The van der Waals surface area contributed by atoms with Crippen LogP contribution >= 0.6 is 27.5 Å². The van der Waals surface area contributed by atoms with Crippen LogP contribution in [0.5, 0.6) is 5.75 Å². The van der Waals surface area contributed by atoms with Crippen molar-refractivity contribution < 1.29 is 22.3 Å². The van der Waals surface area contributed by atoms with Crippen LogP contribution in [-0.4, -0.2) is 19.2 Å². The molecule has 178 valence electrons. The lowest BCUT2D eigenvalue weighted by atomic mass is 10.1. The number of carbonyl (C=O) groups is 1. The first kappa shape index (κ1) is 25.9. The van der Waals surface area contributed by atoms with Crippen molar-refractivity contribution in [2.45, 2.75) is 11.8 Å². The van der Waals surface area contributed by atoms with E-state index in [0.29, 0.717) is 5.56 Å². The molecule has 1 amide bonds. The van der Waals surface area contributed by atoms with Gasteiger partial charge in [-0.3, -0.25) is 14.9 Å². The number of amides is 1. The number of benzene rings is 3. The molecule has 0 unspecified atom stereocenters. The fourth-order valence-electron chi connectivity index (χ4n) is 2.79. The summed E-state index contributed by atoms with van der Waals surface area (Å²) >= 11 is 9.00. The second-order valence-electron chi connectivity index (χ2n) is 7.09. The van der Waals surface area contributed by atoms with Crippen molar-refractivity contribution in [3.63, 3.8) is 0 Å². The number of aryl methyl sites for hydroxylation is 1. The Labute approximate surface area is 214 Å². The van der Waals surface area contributed by atoms with Crippen molar-refractivity contribution in [1.29, 1.82) is 5.26 Å². The molecule has 0 heterocycles. The summed E-state index contributed by atoms with van der Waals surface area (Å²) in [5.74, 6) is -0.790. The summed E-state index contributed by atoms with van der Waals surface area (Å²) in [5, 5.41) is 22.8. The van der Waals surface area contributed by atoms with E-state index in [9.17, 15) is 28.6 Å². The molecule has 0 fully saturated rings. The molecule has 0 radical (unpaired) electrons. The fraction of sp³-hybridized carbons (Fsp3) is 0.0435. The van der Waals surface area contributed by atoms with E-state index >= 15 is 0 Å². The molecule has 35 heavy (non-hydrogen) atoms. The summed E-state index contributed by atoms with van der Waals surface area (Å²) in [5.41, 5.74) is 0.680. The molecule has 0 aliphatic rings. The average Bonchev–Trinajstić information content (AvgIpc) is 2.80. The van der Waals surface area contributed by atoms with E-state index in [0.717, 1.165) is 11.6 Å². The number of nitrogens with zero attached hydrogens (tertiary/aromatic N) is 2. The lowest BCUT2D eigenvalue weighted by molar-refractivity contribution is -0.384. The lowest BCUT2D eigenvalue weighted by Crippen LogP contribution is -2.13. The highest BCUT2D eigenvalue weighted by Gasteiger charge is 2.19. The fourth-order valence-corrected chi connectivity index (χ4v) is 4.51. The number of nitriles is 1. The Morgan fingerprint density at radius 1 is 1.17 bits per heavy atom. The predicted molar refractivity (Wildman–Crippen MR) is 133 cm³/mol. The van der Waals surface area contributed by atoms with Crippen molar-refractivity contribution in [3.05, 3.63) is 97.0 Å². The van der Waals surface area contributed by atoms with E-state index in [4.69, 9.17) is 15.8 Å². The molecule has 0 bridgehead atoms. The maximum Gasteiger partial charge on any atom is 0.339 e. The number of rotatable bonds is 7. The largest absolute Gasteiger partial charge is 0.378 e. The number of hydrogen-bond donors (Lipinski definition) is 1. The number of carbonyl (C=O) groups excluding carboxylic acids is 1. The number of nitrogens with one attached hydrogen (secondary N) is 1. The highest BCUT2D eigenvalue weighted by atomic mass is 79.9. The lowest BCUT2D eigenvalue weighted by Gasteiger charge is -2.10. The second-order valence-corrected chi connectivity index (χ2v) is 9.90. The summed E-state index contributed by atoms with van der Waals surface area (Å²) in [4.78, 5) is 22.8. The average molecular weight is 577 g/mol. The molecule has 0 aromatic heterocycles. The minimum absolute atomic E-state index is 0.00940. The first-order valence-electron chi connectivity index (χ1n) is 9.68. The zero-order valence-electron chi connectivity index (χ0n) is 17.9. The van der Waals surface area contributed by atoms with Crippen molar-refractivity contribution >= 4 is 61.0 Å². The van der Waals surface area contributed by atoms with Crippen LogP contribution in [0.15, 0.2) is 75.6 Å². The van der Waals surface area contributed by atoms with Crippen LogP contribution in [0.25, 0.3) is 6.08 Å². The Kier molecular flexibility index (Phi) is 7.91. The smallest absolute Gasteiger partial charge is 0.339 e. The Balaban J connectivity index is 1.80. The molecule has 0 aliphatic heterocycles. The van der Waals surface area contributed by atoms with Crippen LogP contribution < -0.4 is 9.50 Å². The van der Waals surface area contributed by atoms with Gasteiger partial charge in [0, 0.05) is 11.8 Å². The third-order valence-electron chi connectivity index (χ3n) is 4.54. The number of nitro benzene ring substituents is 1. The van der Waals surface area contributed by atoms with E-state index in [1.54, 1.807) is 18.2 Å². The molecule has 0 saturated carbocycles. The quantitative estimate of drug-likeness (QED) is 0.126. The minimum Gasteiger partial charge on any atom is -0.378 e. The van der Waals surface area contributed by atoms with E-state index in [2.05, 4.69) is 21.2 Å². The number of hydrogen-bond acceptors (Lipinski definition) is 7. The summed E-state index contributed by atoms with van der Waals surface area (Å²) < 4.78 is 30.5.